The largest absolute Gasteiger partial charge is 0.492 e. The minimum atomic E-state index is -1.19. The van der Waals surface area contributed by atoms with Gasteiger partial charge in [-0.3, -0.25) is 18.8 Å². The molecule has 1 aromatic heterocycles. The first-order valence-corrected chi connectivity index (χ1v) is 10.2. The van der Waals surface area contributed by atoms with Gasteiger partial charge in [-0.25, -0.2) is 19.9 Å². The smallest absolute Gasteiger partial charge is 0.303 e. The maximum Gasteiger partial charge on any atom is 0.303 e. The van der Waals surface area contributed by atoms with E-state index in [-0.39, 0.29) is 23.7 Å². The molecule has 0 radical (unpaired) electrons. The number of aromatic hydroxyl groups is 1. The molecule has 0 saturated carbocycles. The summed E-state index contributed by atoms with van der Waals surface area (Å²) in [4.78, 5) is 51.8. The predicted molar refractivity (Wildman–Crippen MR) is 111 cm³/mol. The normalized spacial score (nSPS) is 22.6. The van der Waals surface area contributed by atoms with Crippen LogP contribution < -0.4 is 5.49 Å². The zero-order valence-electron chi connectivity index (χ0n) is 18.4. The Hall–Kier alpha value is -4.13. The summed E-state index contributed by atoms with van der Waals surface area (Å²) in [7, 11) is 0. The first-order valence-electron chi connectivity index (χ1n) is 10.2. The summed E-state index contributed by atoms with van der Waals surface area (Å²) in [5, 5.41) is 10.4. The number of nitrogens with zero attached hydrogens (tertiary/aromatic N) is 5. The fourth-order valence-corrected chi connectivity index (χ4v) is 3.62. The van der Waals surface area contributed by atoms with Crippen molar-refractivity contribution in [3.05, 3.63) is 36.2 Å². The van der Waals surface area contributed by atoms with E-state index in [4.69, 9.17) is 18.9 Å². The highest BCUT2D eigenvalue weighted by molar-refractivity contribution is 5.68. The second-order valence-electron chi connectivity index (χ2n) is 7.41. The Morgan fingerprint density at radius 3 is 2.53 bits per heavy atom. The summed E-state index contributed by atoms with van der Waals surface area (Å²) < 4.78 is 23.2. The molecule has 4 rings (SSSR count). The maximum atomic E-state index is 11.8. The van der Waals surface area contributed by atoms with Gasteiger partial charge < -0.3 is 24.1 Å². The van der Waals surface area contributed by atoms with Crippen LogP contribution in [0, 0.1) is 0 Å². The van der Waals surface area contributed by atoms with Gasteiger partial charge in [0, 0.05) is 27.0 Å². The lowest BCUT2D eigenvalue weighted by atomic mass is 10.1. The number of ether oxygens (including phenoxy) is 4. The summed E-state index contributed by atoms with van der Waals surface area (Å²) in [6.45, 7) is 3.32. The number of fused-ring (bicyclic) bond motifs is 3. The van der Waals surface area contributed by atoms with Gasteiger partial charge in [-0.15, -0.1) is 0 Å². The number of pyridine rings is 1. The van der Waals surface area contributed by atoms with Crippen LogP contribution in [0.4, 0.5) is 0 Å². The van der Waals surface area contributed by atoms with E-state index in [2.05, 4.69) is 19.9 Å². The fraction of sp³-hybridized carbons (Fsp3) is 0.381. The Labute approximate surface area is 192 Å². The van der Waals surface area contributed by atoms with Crippen molar-refractivity contribution in [3.8, 4) is 17.4 Å². The molecule has 3 aliphatic heterocycles. The maximum absolute atomic E-state index is 11.8. The van der Waals surface area contributed by atoms with Crippen molar-refractivity contribution < 1.29 is 38.4 Å². The third-order valence-corrected chi connectivity index (χ3v) is 4.91. The topological polar surface area (TPSA) is 164 Å². The zero-order chi connectivity index (χ0) is 24.4. The molecule has 1 fully saturated rings. The second kappa shape index (κ2) is 9.39. The van der Waals surface area contributed by atoms with E-state index in [0.29, 0.717) is 11.3 Å². The van der Waals surface area contributed by atoms with Gasteiger partial charge in [0.25, 0.3) is 0 Å². The van der Waals surface area contributed by atoms with Crippen LogP contribution in [0.15, 0.2) is 35.7 Å². The Morgan fingerprint density at radius 1 is 1.09 bits per heavy atom. The van der Waals surface area contributed by atoms with E-state index < -0.39 is 42.4 Å². The van der Waals surface area contributed by atoms with Gasteiger partial charge in [-0.1, -0.05) is 6.07 Å². The Balaban J connectivity index is 1.80. The molecule has 1 N–H and O–H groups in total. The number of carbonyl (C=O) groups excluding carboxylic acids is 3. The number of aromatic nitrogens is 4. The molecular weight excluding hydrogens is 450 g/mol. The van der Waals surface area contributed by atoms with Crippen molar-refractivity contribution in [2.45, 2.75) is 45.3 Å². The van der Waals surface area contributed by atoms with Crippen molar-refractivity contribution in [3.63, 3.8) is 0 Å². The van der Waals surface area contributed by atoms with Crippen molar-refractivity contribution in [1.82, 2.24) is 19.4 Å². The lowest BCUT2D eigenvalue weighted by molar-refractivity contribution is -0.165. The molecular formula is C21H21N5O8. The summed E-state index contributed by atoms with van der Waals surface area (Å²) in [6.07, 6.45) is -1.46. The molecule has 0 amide bonds. The summed E-state index contributed by atoms with van der Waals surface area (Å²) in [5.74, 6) is -1.80. The second-order valence-corrected chi connectivity index (χ2v) is 7.41. The van der Waals surface area contributed by atoms with Gasteiger partial charge in [0.2, 0.25) is 5.88 Å². The predicted octanol–water partition coefficient (Wildman–Crippen LogP) is -0.0132. The van der Waals surface area contributed by atoms with Gasteiger partial charge in [0.1, 0.15) is 24.6 Å². The van der Waals surface area contributed by atoms with Crippen LogP contribution in [0.5, 0.6) is 5.88 Å². The zero-order valence-corrected chi connectivity index (χ0v) is 18.4. The monoisotopic (exact) mass is 471 g/mol. The third kappa shape index (κ3) is 4.64. The number of esters is 3. The summed E-state index contributed by atoms with van der Waals surface area (Å²) in [6, 6.07) is 5.16. The highest BCUT2D eigenvalue weighted by Crippen LogP contribution is 2.29. The SMILES string of the molecule is CC(=O)OC[C@H]1O[C@@H](/N=c2/ncnc3n4ccccc4c(O)nc2-3)[C@H](OC(C)=O)[C@@H]1OC(C)=O. The van der Waals surface area contributed by atoms with Crippen molar-refractivity contribution in [2.75, 3.05) is 6.61 Å². The molecule has 13 heteroatoms. The van der Waals surface area contributed by atoms with Crippen LogP contribution in [-0.4, -0.2) is 73.5 Å². The van der Waals surface area contributed by atoms with Gasteiger partial charge in [0.15, 0.2) is 35.4 Å². The molecule has 0 aliphatic carbocycles. The highest BCUT2D eigenvalue weighted by Gasteiger charge is 2.50. The minimum absolute atomic E-state index is 0.0374. The Morgan fingerprint density at radius 2 is 1.82 bits per heavy atom. The highest BCUT2D eigenvalue weighted by atomic mass is 16.7. The van der Waals surface area contributed by atoms with Crippen LogP contribution in [0.3, 0.4) is 0 Å². The molecule has 0 spiro atoms. The van der Waals surface area contributed by atoms with Crippen molar-refractivity contribution in [1.29, 1.82) is 0 Å². The molecule has 3 aliphatic rings. The first-order chi connectivity index (χ1) is 16.2. The van der Waals surface area contributed by atoms with E-state index in [9.17, 15) is 19.5 Å². The quantitative estimate of drug-likeness (QED) is 0.302. The molecule has 4 atom stereocenters. The molecule has 4 heterocycles. The molecule has 0 aromatic carbocycles. The number of hydrogen-bond donors (Lipinski definition) is 1. The van der Waals surface area contributed by atoms with Crippen LogP contribution in [0.1, 0.15) is 20.8 Å². The van der Waals surface area contributed by atoms with E-state index in [1.165, 1.54) is 27.1 Å². The van der Waals surface area contributed by atoms with Gasteiger partial charge >= 0.3 is 17.9 Å². The average Bonchev–Trinajstić information content (AvgIpc) is 3.08. The molecule has 178 valence electrons. The number of hydrogen-bond acceptors (Lipinski definition) is 12. The molecule has 13 nitrogen and oxygen atoms in total. The van der Waals surface area contributed by atoms with Gasteiger partial charge in [-0.2, -0.15) is 0 Å². The molecule has 1 aromatic rings. The van der Waals surface area contributed by atoms with Crippen LogP contribution in [0.2, 0.25) is 0 Å². The van der Waals surface area contributed by atoms with Crippen LogP contribution >= 0.6 is 0 Å². The molecule has 1 saturated heterocycles. The lowest BCUT2D eigenvalue weighted by Crippen LogP contribution is -2.41. The van der Waals surface area contributed by atoms with Gasteiger partial charge in [0.05, 0.1) is 0 Å². The first kappa shape index (κ1) is 23.0. The molecule has 0 bridgehead atoms. The van der Waals surface area contributed by atoms with Gasteiger partial charge in [-0.05, 0) is 12.1 Å². The van der Waals surface area contributed by atoms with Crippen LogP contribution in [-0.2, 0) is 33.3 Å². The van der Waals surface area contributed by atoms with Crippen molar-refractivity contribution in [2.24, 2.45) is 4.99 Å². The van der Waals surface area contributed by atoms with Crippen LogP contribution in [0.25, 0.3) is 17.0 Å². The van der Waals surface area contributed by atoms with E-state index >= 15 is 0 Å². The third-order valence-electron chi connectivity index (χ3n) is 4.91. The Bertz CT molecular complexity index is 1290. The van der Waals surface area contributed by atoms with E-state index in [0.717, 1.165) is 0 Å². The standard InChI is InChI=1S/C21H21N5O8/c1-10(27)31-8-14-16(32-11(2)28)17(33-12(3)29)21(34-14)25-18-15-19(23-9-22-18)26-7-5-4-6-13(26)20(30)24-15/h4-7,9,14,16-17,21,30H,8H2,1-3H3/b25-18+/t14-,16-,17-,21-/m1/s1. The van der Waals surface area contributed by atoms with Crippen molar-refractivity contribution >= 4 is 23.4 Å². The molecule has 0 unspecified atom stereocenters. The number of rotatable bonds is 5. The average molecular weight is 471 g/mol. The Kier molecular flexibility index (Phi) is 6.36. The number of carbonyl (C=O) groups is 3. The molecule has 34 heavy (non-hydrogen) atoms. The van der Waals surface area contributed by atoms with E-state index in [1.807, 2.05) is 0 Å². The summed E-state index contributed by atoms with van der Waals surface area (Å²) >= 11 is 0. The lowest BCUT2D eigenvalue weighted by Gasteiger charge is -2.22. The minimum Gasteiger partial charge on any atom is -0.492 e. The van der Waals surface area contributed by atoms with E-state index in [1.54, 1.807) is 28.8 Å². The summed E-state index contributed by atoms with van der Waals surface area (Å²) in [5.41, 5.74) is 0.614. The fourth-order valence-electron chi connectivity index (χ4n) is 3.62.